The van der Waals surface area contributed by atoms with Crippen LogP contribution in [-0.4, -0.2) is 5.97 Å². The Morgan fingerprint density at radius 2 is 2.00 bits per heavy atom. The second-order valence-electron chi connectivity index (χ2n) is 2.54. The number of nitrogens with two attached hydrogens (primary N) is 1. The SMILES string of the molecule is NOOC(=O)CCc1ccccc1. The molecule has 0 saturated heterocycles. The third kappa shape index (κ3) is 3.68. The number of hydrogen-bond donors (Lipinski definition) is 1. The van der Waals surface area contributed by atoms with Crippen LogP contribution in [0.2, 0.25) is 0 Å². The molecule has 0 aliphatic heterocycles. The van der Waals surface area contributed by atoms with Gasteiger partial charge < -0.3 is 0 Å². The first-order valence-electron chi connectivity index (χ1n) is 3.93. The molecule has 70 valence electrons. The minimum absolute atomic E-state index is 0.265. The van der Waals surface area contributed by atoms with Crippen molar-refractivity contribution in [3.8, 4) is 0 Å². The Balaban J connectivity index is 2.31. The molecule has 0 aliphatic rings. The highest BCUT2D eigenvalue weighted by Gasteiger charge is 2.03. The van der Waals surface area contributed by atoms with Crippen LogP contribution in [0.3, 0.4) is 0 Å². The lowest BCUT2D eigenvalue weighted by atomic mass is 10.1. The van der Waals surface area contributed by atoms with Crippen molar-refractivity contribution in [1.29, 1.82) is 0 Å². The van der Waals surface area contributed by atoms with Crippen LogP contribution in [0, 0.1) is 0 Å². The van der Waals surface area contributed by atoms with Crippen LogP contribution in [0.4, 0.5) is 0 Å². The normalized spacial score (nSPS) is 9.62. The zero-order chi connectivity index (χ0) is 9.52. The van der Waals surface area contributed by atoms with Gasteiger partial charge in [0.25, 0.3) is 0 Å². The Morgan fingerprint density at radius 1 is 1.31 bits per heavy atom. The summed E-state index contributed by atoms with van der Waals surface area (Å²) in [6.45, 7) is 0. The molecule has 0 amide bonds. The fourth-order valence-electron chi connectivity index (χ4n) is 0.986. The zero-order valence-corrected chi connectivity index (χ0v) is 7.10. The van der Waals surface area contributed by atoms with Crippen LogP contribution in [0.25, 0.3) is 0 Å². The summed E-state index contributed by atoms with van der Waals surface area (Å²) in [4.78, 5) is 18.6. The highest BCUT2D eigenvalue weighted by atomic mass is 17.3. The van der Waals surface area contributed by atoms with E-state index in [1.54, 1.807) is 0 Å². The second kappa shape index (κ2) is 5.29. The molecule has 0 atom stereocenters. The zero-order valence-electron chi connectivity index (χ0n) is 7.10. The van der Waals surface area contributed by atoms with E-state index in [4.69, 9.17) is 0 Å². The maximum atomic E-state index is 10.8. The first-order valence-corrected chi connectivity index (χ1v) is 3.93. The number of hydrogen-bond acceptors (Lipinski definition) is 4. The van der Waals surface area contributed by atoms with Gasteiger partial charge in [0.2, 0.25) is 0 Å². The molecule has 0 saturated carbocycles. The molecule has 4 heteroatoms. The van der Waals surface area contributed by atoms with Crippen molar-refractivity contribution in [2.45, 2.75) is 12.8 Å². The van der Waals surface area contributed by atoms with Crippen LogP contribution < -0.4 is 5.90 Å². The van der Waals surface area contributed by atoms with E-state index in [-0.39, 0.29) is 6.42 Å². The molecule has 1 rings (SSSR count). The average molecular weight is 181 g/mol. The molecular formula is C9H11NO3. The minimum atomic E-state index is -0.466. The lowest BCUT2D eigenvalue weighted by Crippen LogP contribution is -2.09. The summed E-state index contributed by atoms with van der Waals surface area (Å²) in [7, 11) is 0. The average Bonchev–Trinajstić information content (AvgIpc) is 2.17. The summed E-state index contributed by atoms with van der Waals surface area (Å²) in [5.41, 5.74) is 1.08. The monoisotopic (exact) mass is 181 g/mol. The minimum Gasteiger partial charge on any atom is -0.280 e. The second-order valence-corrected chi connectivity index (χ2v) is 2.54. The molecular weight excluding hydrogens is 170 g/mol. The van der Waals surface area contributed by atoms with E-state index in [1.807, 2.05) is 30.3 Å². The van der Waals surface area contributed by atoms with Crippen molar-refractivity contribution in [3.05, 3.63) is 35.9 Å². The van der Waals surface area contributed by atoms with E-state index < -0.39 is 5.97 Å². The highest BCUT2D eigenvalue weighted by molar-refractivity contribution is 5.68. The molecule has 0 heterocycles. The first kappa shape index (κ1) is 9.70. The standard InChI is InChI=1S/C9H11NO3/c10-13-12-9(11)7-6-8-4-2-1-3-5-8/h1-5H,6-7,10H2. The molecule has 1 aromatic carbocycles. The summed E-state index contributed by atoms with van der Waals surface area (Å²) < 4.78 is 0. The Morgan fingerprint density at radius 3 is 2.62 bits per heavy atom. The van der Waals surface area contributed by atoms with Gasteiger partial charge in [-0.1, -0.05) is 35.3 Å². The molecule has 0 unspecified atom stereocenters. The van der Waals surface area contributed by atoms with E-state index >= 15 is 0 Å². The van der Waals surface area contributed by atoms with Crippen LogP contribution in [0.15, 0.2) is 30.3 Å². The van der Waals surface area contributed by atoms with Gasteiger partial charge in [0, 0.05) is 0 Å². The molecule has 0 aromatic heterocycles. The molecule has 0 fully saturated rings. The maximum Gasteiger partial charge on any atom is 0.344 e. The predicted octanol–water partition coefficient (Wildman–Crippen LogP) is 0.968. The number of carbonyl (C=O) groups excluding carboxylic acids is 1. The highest BCUT2D eigenvalue weighted by Crippen LogP contribution is 2.02. The van der Waals surface area contributed by atoms with Gasteiger partial charge in [-0.05, 0) is 12.0 Å². The molecule has 4 nitrogen and oxygen atoms in total. The quantitative estimate of drug-likeness (QED) is 0.555. The summed E-state index contributed by atoms with van der Waals surface area (Å²) >= 11 is 0. The van der Waals surface area contributed by atoms with Crippen LogP contribution >= 0.6 is 0 Å². The smallest absolute Gasteiger partial charge is 0.280 e. The first-order chi connectivity index (χ1) is 6.33. The Bertz CT molecular complexity index is 261. The fraction of sp³-hybridized carbons (Fsp3) is 0.222. The summed E-state index contributed by atoms with van der Waals surface area (Å²) in [5, 5.41) is 0. The van der Waals surface area contributed by atoms with Crippen LogP contribution in [-0.2, 0) is 21.1 Å². The van der Waals surface area contributed by atoms with Gasteiger partial charge in [-0.2, -0.15) is 5.90 Å². The van der Waals surface area contributed by atoms with Gasteiger partial charge >= 0.3 is 5.97 Å². The van der Waals surface area contributed by atoms with Crippen molar-refractivity contribution in [2.75, 3.05) is 0 Å². The lowest BCUT2D eigenvalue weighted by Gasteiger charge is -1.99. The third-order valence-corrected chi connectivity index (χ3v) is 1.60. The third-order valence-electron chi connectivity index (χ3n) is 1.60. The molecule has 0 spiro atoms. The van der Waals surface area contributed by atoms with Crippen molar-refractivity contribution < 1.29 is 14.7 Å². The number of carbonyl (C=O) groups is 1. The van der Waals surface area contributed by atoms with E-state index in [9.17, 15) is 4.79 Å². The molecule has 1 aromatic rings. The van der Waals surface area contributed by atoms with E-state index in [0.29, 0.717) is 6.42 Å². The van der Waals surface area contributed by atoms with Crippen LogP contribution in [0.5, 0.6) is 0 Å². The van der Waals surface area contributed by atoms with Gasteiger partial charge in [-0.3, -0.25) is 4.89 Å². The maximum absolute atomic E-state index is 10.8. The number of benzene rings is 1. The Labute approximate surface area is 76.1 Å². The van der Waals surface area contributed by atoms with Gasteiger partial charge in [0.1, 0.15) is 0 Å². The number of aryl methyl sites for hydroxylation is 1. The van der Waals surface area contributed by atoms with E-state index in [2.05, 4.69) is 15.8 Å². The van der Waals surface area contributed by atoms with E-state index in [0.717, 1.165) is 5.56 Å². The predicted molar refractivity (Wildman–Crippen MR) is 46.1 cm³/mol. The summed E-state index contributed by atoms with van der Waals surface area (Å²) in [5.74, 6) is 4.09. The van der Waals surface area contributed by atoms with Crippen molar-refractivity contribution in [3.63, 3.8) is 0 Å². The number of rotatable bonds is 4. The van der Waals surface area contributed by atoms with Crippen molar-refractivity contribution in [1.82, 2.24) is 0 Å². The molecule has 0 aliphatic carbocycles. The summed E-state index contributed by atoms with van der Waals surface area (Å²) in [6, 6.07) is 9.64. The Hall–Kier alpha value is -1.39. The lowest BCUT2D eigenvalue weighted by molar-refractivity contribution is -0.276. The summed E-state index contributed by atoms with van der Waals surface area (Å²) in [6.07, 6.45) is 0.893. The van der Waals surface area contributed by atoms with Gasteiger partial charge in [0.05, 0.1) is 6.42 Å². The molecule has 0 radical (unpaired) electrons. The van der Waals surface area contributed by atoms with Gasteiger partial charge in [0.15, 0.2) is 0 Å². The van der Waals surface area contributed by atoms with E-state index in [1.165, 1.54) is 0 Å². The van der Waals surface area contributed by atoms with Gasteiger partial charge in [-0.25, -0.2) is 4.79 Å². The van der Waals surface area contributed by atoms with Crippen molar-refractivity contribution >= 4 is 5.97 Å². The van der Waals surface area contributed by atoms with Crippen LogP contribution in [0.1, 0.15) is 12.0 Å². The van der Waals surface area contributed by atoms with Crippen molar-refractivity contribution in [2.24, 2.45) is 5.90 Å². The topological polar surface area (TPSA) is 61.6 Å². The molecule has 13 heavy (non-hydrogen) atoms. The fourth-order valence-corrected chi connectivity index (χ4v) is 0.986. The largest absolute Gasteiger partial charge is 0.344 e. The molecule has 2 N–H and O–H groups in total. The molecule has 0 bridgehead atoms. The van der Waals surface area contributed by atoms with Gasteiger partial charge in [-0.15, -0.1) is 0 Å². The Kier molecular flexibility index (Phi) is 3.95.